The largest absolute Gasteiger partial charge is 0.379 e. The summed E-state index contributed by atoms with van der Waals surface area (Å²) in [6.07, 6.45) is 2.26. The molecule has 1 saturated heterocycles. The molecule has 27 heavy (non-hydrogen) atoms. The van der Waals surface area contributed by atoms with E-state index in [1.807, 2.05) is 44.4 Å². The highest BCUT2D eigenvalue weighted by Crippen LogP contribution is 2.28. The molecule has 3 heterocycles. The Kier molecular flexibility index (Phi) is 6.95. The number of imidazole rings is 1. The maximum absolute atomic E-state index is 12.4. The van der Waals surface area contributed by atoms with Crippen LogP contribution in [0.15, 0.2) is 12.1 Å². The van der Waals surface area contributed by atoms with Crippen LogP contribution >= 0.6 is 0 Å². The standard InChI is InChI=1S/C19H28N4O3.CH4/c1-13-7-8-15-17(20-13)23(14-6-5-10-25-12-14)18(21-15)22-16(24)9-11-26-19(2,3)4;/h7-8,14H,5-6,9-12H2,1-4H3,(H,21,22,24);1H4. The van der Waals surface area contributed by atoms with Gasteiger partial charge in [-0.1, -0.05) is 7.43 Å². The van der Waals surface area contributed by atoms with Gasteiger partial charge in [0.05, 0.1) is 31.3 Å². The van der Waals surface area contributed by atoms with Crippen molar-refractivity contribution in [3.63, 3.8) is 0 Å². The molecule has 150 valence electrons. The molecule has 1 unspecified atom stereocenters. The Morgan fingerprint density at radius 1 is 1.37 bits per heavy atom. The van der Waals surface area contributed by atoms with E-state index in [2.05, 4.69) is 15.3 Å². The third kappa shape index (κ3) is 5.49. The first-order valence-corrected chi connectivity index (χ1v) is 9.20. The summed E-state index contributed by atoms with van der Waals surface area (Å²) >= 11 is 0. The lowest BCUT2D eigenvalue weighted by Gasteiger charge is -2.25. The maximum Gasteiger partial charge on any atom is 0.229 e. The number of pyridine rings is 1. The molecule has 1 atom stereocenters. The van der Waals surface area contributed by atoms with Crippen LogP contribution in [0, 0.1) is 6.92 Å². The number of hydrogen-bond acceptors (Lipinski definition) is 5. The highest BCUT2D eigenvalue weighted by atomic mass is 16.5. The number of carbonyl (C=O) groups is 1. The van der Waals surface area contributed by atoms with Crippen molar-refractivity contribution < 1.29 is 14.3 Å². The van der Waals surface area contributed by atoms with Crippen LogP contribution in [-0.2, 0) is 14.3 Å². The minimum atomic E-state index is -0.256. The van der Waals surface area contributed by atoms with E-state index in [4.69, 9.17) is 9.47 Å². The summed E-state index contributed by atoms with van der Waals surface area (Å²) in [5.41, 5.74) is 2.24. The molecule has 3 rings (SSSR count). The van der Waals surface area contributed by atoms with Crippen molar-refractivity contribution in [1.29, 1.82) is 0 Å². The van der Waals surface area contributed by atoms with Gasteiger partial charge in [-0.3, -0.25) is 14.7 Å². The smallest absolute Gasteiger partial charge is 0.229 e. The van der Waals surface area contributed by atoms with Crippen LogP contribution in [0.1, 0.15) is 59.2 Å². The van der Waals surface area contributed by atoms with E-state index in [9.17, 15) is 4.79 Å². The van der Waals surface area contributed by atoms with Gasteiger partial charge in [-0.15, -0.1) is 0 Å². The van der Waals surface area contributed by atoms with Gasteiger partial charge >= 0.3 is 0 Å². The van der Waals surface area contributed by atoms with E-state index in [0.29, 0.717) is 19.2 Å². The van der Waals surface area contributed by atoms with Gasteiger partial charge in [-0.2, -0.15) is 0 Å². The number of nitrogens with one attached hydrogen (secondary N) is 1. The van der Waals surface area contributed by atoms with Gasteiger partial charge in [0.1, 0.15) is 5.52 Å². The van der Waals surface area contributed by atoms with E-state index in [1.54, 1.807) is 0 Å². The van der Waals surface area contributed by atoms with Gasteiger partial charge in [-0.25, -0.2) is 9.97 Å². The van der Waals surface area contributed by atoms with Crippen molar-refractivity contribution in [1.82, 2.24) is 14.5 Å². The normalized spacial score (nSPS) is 17.6. The van der Waals surface area contributed by atoms with Crippen LogP contribution in [0.3, 0.4) is 0 Å². The molecule has 7 nitrogen and oxygen atoms in total. The average Bonchev–Trinajstić information content (AvgIpc) is 2.91. The summed E-state index contributed by atoms with van der Waals surface area (Å²) in [4.78, 5) is 21.6. The molecule has 1 amide bonds. The first-order valence-electron chi connectivity index (χ1n) is 9.20. The SMILES string of the molecule is C.Cc1ccc2nc(NC(=O)CCOC(C)(C)C)n(C3CCCOC3)c2n1. The molecule has 1 N–H and O–H groups in total. The van der Waals surface area contributed by atoms with Crippen LogP contribution in [0.2, 0.25) is 0 Å². The summed E-state index contributed by atoms with van der Waals surface area (Å²) in [6.45, 7) is 9.64. The Balaban J connectivity index is 0.00000261. The molecule has 0 bridgehead atoms. The number of aromatic nitrogens is 3. The molecule has 1 aliphatic rings. The van der Waals surface area contributed by atoms with Crippen molar-refractivity contribution in [3.8, 4) is 0 Å². The van der Waals surface area contributed by atoms with Crippen molar-refractivity contribution in [2.75, 3.05) is 25.1 Å². The molecule has 1 aliphatic heterocycles. The second-order valence-corrected chi connectivity index (χ2v) is 7.73. The Bertz CT molecular complexity index is 773. The number of ether oxygens (including phenoxy) is 2. The topological polar surface area (TPSA) is 78.3 Å². The number of fused-ring (bicyclic) bond motifs is 1. The highest BCUT2D eigenvalue weighted by molar-refractivity contribution is 5.91. The van der Waals surface area contributed by atoms with Gasteiger partial charge < -0.3 is 9.47 Å². The molecule has 1 fully saturated rings. The minimum Gasteiger partial charge on any atom is -0.379 e. The highest BCUT2D eigenvalue weighted by Gasteiger charge is 2.24. The maximum atomic E-state index is 12.4. The lowest BCUT2D eigenvalue weighted by atomic mass is 10.1. The van der Waals surface area contributed by atoms with Gasteiger partial charge in [0.2, 0.25) is 11.9 Å². The predicted molar refractivity (Wildman–Crippen MR) is 107 cm³/mol. The fourth-order valence-corrected chi connectivity index (χ4v) is 3.07. The Morgan fingerprint density at radius 3 is 2.81 bits per heavy atom. The zero-order valence-electron chi connectivity index (χ0n) is 16.0. The number of aryl methyl sites for hydroxylation is 1. The van der Waals surface area contributed by atoms with Crippen molar-refractivity contribution in [2.45, 2.75) is 66.0 Å². The lowest BCUT2D eigenvalue weighted by molar-refractivity contribution is -0.118. The molecule has 0 aromatic carbocycles. The van der Waals surface area contributed by atoms with Crippen LogP contribution in [0.25, 0.3) is 11.2 Å². The van der Waals surface area contributed by atoms with Gasteiger partial charge in [0.15, 0.2) is 5.65 Å². The third-order valence-corrected chi connectivity index (χ3v) is 4.29. The molecular formula is C20H32N4O3. The Hall–Kier alpha value is -1.99. The van der Waals surface area contributed by atoms with Crippen molar-refractivity contribution in [3.05, 3.63) is 17.8 Å². The summed E-state index contributed by atoms with van der Waals surface area (Å²) in [7, 11) is 0. The Morgan fingerprint density at radius 2 is 2.15 bits per heavy atom. The number of carbonyl (C=O) groups excluding carboxylic acids is 1. The van der Waals surface area contributed by atoms with Crippen LogP contribution in [0.4, 0.5) is 5.95 Å². The van der Waals surface area contributed by atoms with Crippen molar-refractivity contribution in [2.24, 2.45) is 0 Å². The summed E-state index contributed by atoms with van der Waals surface area (Å²) in [5.74, 6) is 0.425. The second kappa shape index (κ2) is 8.80. The van der Waals surface area contributed by atoms with E-state index in [0.717, 1.165) is 36.3 Å². The molecule has 2 aromatic rings. The van der Waals surface area contributed by atoms with Crippen LogP contribution in [0.5, 0.6) is 0 Å². The second-order valence-electron chi connectivity index (χ2n) is 7.73. The van der Waals surface area contributed by atoms with Gasteiger partial charge in [0.25, 0.3) is 0 Å². The summed E-state index contributed by atoms with van der Waals surface area (Å²) in [5, 5.41) is 2.94. The number of nitrogens with zero attached hydrogens (tertiary/aromatic N) is 3. The molecule has 2 aromatic heterocycles. The average molecular weight is 377 g/mol. The number of anilines is 1. The molecule has 0 radical (unpaired) electrons. The zero-order chi connectivity index (χ0) is 18.7. The molecule has 0 saturated carbocycles. The fourth-order valence-electron chi connectivity index (χ4n) is 3.07. The molecule has 0 aliphatic carbocycles. The van der Waals surface area contributed by atoms with E-state index >= 15 is 0 Å². The van der Waals surface area contributed by atoms with E-state index in [-0.39, 0.29) is 31.4 Å². The van der Waals surface area contributed by atoms with Crippen molar-refractivity contribution >= 4 is 23.0 Å². The number of amides is 1. The Labute approximate surface area is 161 Å². The number of rotatable bonds is 5. The third-order valence-electron chi connectivity index (χ3n) is 4.29. The van der Waals surface area contributed by atoms with E-state index in [1.165, 1.54) is 0 Å². The first kappa shape index (κ1) is 21.3. The van der Waals surface area contributed by atoms with Gasteiger partial charge in [-0.05, 0) is 52.7 Å². The first-order chi connectivity index (χ1) is 12.3. The molecule has 0 spiro atoms. The van der Waals surface area contributed by atoms with Crippen LogP contribution < -0.4 is 5.32 Å². The molecular weight excluding hydrogens is 344 g/mol. The molecule has 7 heteroatoms. The lowest BCUT2D eigenvalue weighted by Crippen LogP contribution is -2.26. The summed E-state index contributed by atoms with van der Waals surface area (Å²) in [6, 6.07) is 4.00. The van der Waals surface area contributed by atoms with E-state index < -0.39 is 0 Å². The van der Waals surface area contributed by atoms with Gasteiger partial charge in [0, 0.05) is 12.3 Å². The monoisotopic (exact) mass is 376 g/mol. The predicted octanol–water partition coefficient (Wildman–Crippen LogP) is 3.87. The number of hydrogen-bond donors (Lipinski definition) is 1. The minimum absolute atomic E-state index is 0. The summed E-state index contributed by atoms with van der Waals surface area (Å²) < 4.78 is 13.3. The zero-order valence-corrected chi connectivity index (χ0v) is 16.0. The quantitative estimate of drug-likeness (QED) is 0.857. The fraction of sp³-hybridized carbons (Fsp3) is 0.650. The van der Waals surface area contributed by atoms with Crippen LogP contribution in [-0.4, -0.2) is 45.9 Å².